The summed E-state index contributed by atoms with van der Waals surface area (Å²) in [6.45, 7) is 2.02. The predicted octanol–water partition coefficient (Wildman–Crippen LogP) is 2.08. The Morgan fingerprint density at radius 1 is 1.56 bits per heavy atom. The molecule has 0 amide bonds. The average Bonchev–Trinajstić information content (AvgIpc) is 1.77. The summed E-state index contributed by atoms with van der Waals surface area (Å²) in [6, 6.07) is 8.66. The minimum Gasteiger partial charge on any atom is -0.213 e. The van der Waals surface area contributed by atoms with Crippen molar-refractivity contribution in [1.82, 2.24) is 0 Å². The second-order valence-electron chi connectivity index (χ2n) is 1.71. The molecule has 0 bridgehead atoms. The van der Waals surface area contributed by atoms with Crippen LogP contribution in [0.25, 0.3) is 0 Å². The molecule has 0 N–H and O–H groups in total. The second kappa shape index (κ2) is 4.44. The maximum absolute atomic E-state index is 4.17. The van der Waals surface area contributed by atoms with E-state index in [-0.39, 0.29) is 31.1 Å². The molecule has 0 radical (unpaired) electrons. The van der Waals surface area contributed by atoms with Crippen LogP contribution in [0.5, 0.6) is 0 Å². The molecule has 0 aromatic heterocycles. The van der Waals surface area contributed by atoms with Crippen LogP contribution in [0.4, 0.5) is 0 Å². The summed E-state index contributed by atoms with van der Waals surface area (Å²) < 4.78 is 0. The average molecular weight is 361 g/mol. The van der Waals surface area contributed by atoms with E-state index in [1.807, 2.05) is 25.1 Å². The Kier molecular flexibility index (Phi) is 4.75. The van der Waals surface area contributed by atoms with Crippen molar-refractivity contribution in [3.63, 3.8) is 0 Å². The summed E-state index contributed by atoms with van der Waals surface area (Å²) in [6.07, 6.45) is 0. The molecular weight excluding hydrogens is 354 g/mol. The summed E-state index contributed by atoms with van der Waals surface area (Å²) in [7, 11) is 0. The number of benzene rings is 1. The van der Waals surface area contributed by atoms with E-state index < -0.39 is 0 Å². The third kappa shape index (κ3) is 2.80. The summed E-state index contributed by atoms with van der Waals surface area (Å²) >= 11 is 4.17. The first-order valence-electron chi connectivity index (χ1n) is 2.46. The third-order valence-corrected chi connectivity index (χ3v) is 1.54. The Bertz CT molecular complexity index is 165. The van der Waals surface area contributed by atoms with Gasteiger partial charge in [-0.2, -0.15) is 24.3 Å². The van der Waals surface area contributed by atoms with Crippen LogP contribution in [-0.2, 0) is 0 Å². The first-order valence-corrected chi connectivity index (χ1v) is 2.91. The van der Waals surface area contributed by atoms with Crippen molar-refractivity contribution in [2.45, 2.75) is 11.8 Å². The largest absolute Gasteiger partial charge is 2.00 e. The Morgan fingerprint density at radius 2 is 2.22 bits per heavy atom. The molecule has 1 aromatic rings. The minimum absolute atomic E-state index is 0. The van der Waals surface area contributed by atoms with Crippen molar-refractivity contribution in [3.8, 4) is 0 Å². The molecule has 0 aliphatic carbocycles. The molecule has 0 unspecified atom stereocenters. The van der Waals surface area contributed by atoms with E-state index in [1.54, 1.807) is 0 Å². The fourth-order valence-electron chi connectivity index (χ4n) is 0.499. The van der Waals surface area contributed by atoms with E-state index in [0.717, 1.165) is 4.90 Å². The molecule has 0 saturated heterocycles. The Labute approximate surface area is 84.8 Å². The first-order chi connectivity index (χ1) is 3.80. The molecule has 9 heavy (non-hydrogen) atoms. The van der Waals surface area contributed by atoms with Crippen molar-refractivity contribution < 1.29 is 31.1 Å². The van der Waals surface area contributed by atoms with Crippen LogP contribution >= 0.6 is 12.6 Å². The van der Waals surface area contributed by atoms with E-state index in [1.165, 1.54) is 5.56 Å². The molecule has 44 valence electrons. The molecule has 1 rings (SSSR count). The van der Waals surface area contributed by atoms with Gasteiger partial charge in [-0.1, -0.05) is 6.92 Å². The Hall–Kier alpha value is 0.622. The second-order valence-corrected chi connectivity index (χ2v) is 2.19. The van der Waals surface area contributed by atoms with E-state index in [0.29, 0.717) is 0 Å². The Morgan fingerprint density at radius 3 is 2.56 bits per heavy atom. The van der Waals surface area contributed by atoms with E-state index in [9.17, 15) is 0 Å². The van der Waals surface area contributed by atoms with Crippen LogP contribution in [-0.4, -0.2) is 0 Å². The molecule has 0 atom stereocenters. The van der Waals surface area contributed by atoms with Gasteiger partial charge in [0, 0.05) is 0 Å². The van der Waals surface area contributed by atoms with Gasteiger partial charge in [0.05, 0.1) is 0 Å². The fraction of sp³-hybridized carbons (Fsp3) is 0.143. The van der Waals surface area contributed by atoms with Crippen molar-refractivity contribution in [2.75, 3.05) is 0 Å². The zero-order valence-electron chi connectivity index (χ0n) is 5.18. The monoisotopic (exact) mass is 361 g/mol. The molecule has 0 aliphatic rings. The molecular formula is C7H7SU+. The van der Waals surface area contributed by atoms with Crippen LogP contribution in [0.2, 0.25) is 0 Å². The van der Waals surface area contributed by atoms with Crippen molar-refractivity contribution in [2.24, 2.45) is 0 Å². The van der Waals surface area contributed by atoms with Gasteiger partial charge in [-0.25, -0.2) is 12.6 Å². The fourth-order valence-corrected chi connectivity index (χ4v) is 0.648. The standard InChI is InChI=1S/C7H7S.U/c1-6-4-2-3-5-7(6)8;/h2,4-5,8H,1H3;/q-1;+2. The summed E-state index contributed by atoms with van der Waals surface area (Å²) in [5.41, 5.74) is 1.20. The number of aryl methyl sites for hydroxylation is 1. The minimum atomic E-state index is 0. The van der Waals surface area contributed by atoms with Gasteiger partial charge in [0.15, 0.2) is 0 Å². The molecule has 0 nitrogen and oxygen atoms in total. The van der Waals surface area contributed by atoms with Crippen LogP contribution in [0.15, 0.2) is 23.1 Å². The number of hydrogen-bond donors (Lipinski definition) is 1. The van der Waals surface area contributed by atoms with Crippen LogP contribution < -0.4 is 0 Å². The van der Waals surface area contributed by atoms with Gasteiger partial charge in [0.1, 0.15) is 0 Å². The smallest absolute Gasteiger partial charge is 0.213 e. The van der Waals surface area contributed by atoms with Crippen molar-refractivity contribution in [3.05, 3.63) is 29.8 Å². The summed E-state index contributed by atoms with van der Waals surface area (Å²) in [4.78, 5) is 1.01. The van der Waals surface area contributed by atoms with Gasteiger partial charge in [0.25, 0.3) is 0 Å². The SMILES string of the molecule is Cc1cc[c-]cc1S.[U+2]. The third-order valence-electron chi connectivity index (χ3n) is 1.05. The van der Waals surface area contributed by atoms with E-state index in [4.69, 9.17) is 0 Å². The molecule has 0 heterocycles. The summed E-state index contributed by atoms with van der Waals surface area (Å²) in [5, 5.41) is 0. The van der Waals surface area contributed by atoms with Crippen molar-refractivity contribution in [1.29, 1.82) is 0 Å². The number of rotatable bonds is 0. The first kappa shape index (κ1) is 9.62. The van der Waals surface area contributed by atoms with Gasteiger partial charge in [-0.05, 0) is 0 Å². The molecule has 0 aliphatic heterocycles. The van der Waals surface area contributed by atoms with Gasteiger partial charge in [0.2, 0.25) is 0 Å². The van der Waals surface area contributed by atoms with Gasteiger partial charge < -0.3 is 0 Å². The maximum Gasteiger partial charge on any atom is 2.00 e. The quantitative estimate of drug-likeness (QED) is 0.531. The summed E-state index contributed by atoms with van der Waals surface area (Å²) in [5.74, 6) is 0. The molecule has 1 aromatic carbocycles. The molecule has 0 fully saturated rings. The van der Waals surface area contributed by atoms with Crippen molar-refractivity contribution >= 4 is 12.6 Å². The van der Waals surface area contributed by atoms with E-state index >= 15 is 0 Å². The van der Waals surface area contributed by atoms with Gasteiger partial charge in [-0.15, -0.1) is 10.5 Å². The number of thiol groups is 1. The number of hydrogen-bond acceptors (Lipinski definition) is 1. The maximum atomic E-state index is 4.17. The zero-order chi connectivity index (χ0) is 5.98. The molecule has 0 saturated carbocycles. The predicted molar refractivity (Wildman–Crippen MR) is 37.3 cm³/mol. The van der Waals surface area contributed by atoms with Gasteiger partial charge >= 0.3 is 31.1 Å². The normalized spacial score (nSPS) is 8.22. The molecule has 2 heteroatoms. The zero-order valence-corrected chi connectivity index (χ0v) is 10.2. The van der Waals surface area contributed by atoms with Gasteiger partial charge in [-0.3, -0.25) is 0 Å². The van der Waals surface area contributed by atoms with Crippen LogP contribution in [0.3, 0.4) is 0 Å². The van der Waals surface area contributed by atoms with Crippen LogP contribution in [0.1, 0.15) is 5.56 Å². The van der Waals surface area contributed by atoms with Crippen LogP contribution in [0, 0.1) is 44.1 Å². The van der Waals surface area contributed by atoms with E-state index in [2.05, 4.69) is 18.7 Å². The topological polar surface area (TPSA) is 0 Å². The molecule has 0 spiro atoms. The Balaban J connectivity index is 0.000000640.